The fourth-order valence-electron chi connectivity index (χ4n) is 1.87. The monoisotopic (exact) mass is 195 g/mol. The third-order valence-electron chi connectivity index (χ3n) is 2.88. The smallest absolute Gasteiger partial charge is 0.120 e. The summed E-state index contributed by atoms with van der Waals surface area (Å²) in [5, 5.41) is 3.51. The van der Waals surface area contributed by atoms with E-state index in [1.165, 1.54) is 0 Å². The SMILES string of the molecule is COC1CC(NC(C)c2ccco2)C1. The molecule has 1 unspecified atom stereocenters. The van der Waals surface area contributed by atoms with Crippen LogP contribution in [-0.2, 0) is 4.74 Å². The van der Waals surface area contributed by atoms with Gasteiger partial charge in [0.15, 0.2) is 0 Å². The average molecular weight is 195 g/mol. The molecule has 1 aliphatic rings. The maximum absolute atomic E-state index is 5.32. The van der Waals surface area contributed by atoms with Crippen LogP contribution >= 0.6 is 0 Å². The highest BCUT2D eigenvalue weighted by Crippen LogP contribution is 2.25. The summed E-state index contributed by atoms with van der Waals surface area (Å²) in [6.07, 6.45) is 4.39. The molecule has 3 nitrogen and oxygen atoms in total. The van der Waals surface area contributed by atoms with Crippen LogP contribution in [0.1, 0.15) is 31.6 Å². The van der Waals surface area contributed by atoms with Gasteiger partial charge in [-0.3, -0.25) is 0 Å². The molecule has 1 aromatic rings. The lowest BCUT2D eigenvalue weighted by molar-refractivity contribution is 0.0140. The van der Waals surface area contributed by atoms with Crippen LogP contribution in [0.5, 0.6) is 0 Å². The zero-order chi connectivity index (χ0) is 9.97. The molecule has 3 heteroatoms. The van der Waals surface area contributed by atoms with Crippen molar-refractivity contribution in [3.05, 3.63) is 24.2 Å². The molecule has 0 aliphatic heterocycles. The summed E-state index contributed by atoms with van der Waals surface area (Å²) in [5.41, 5.74) is 0. The van der Waals surface area contributed by atoms with Crippen molar-refractivity contribution >= 4 is 0 Å². The Hall–Kier alpha value is -0.800. The fraction of sp³-hybridized carbons (Fsp3) is 0.636. The van der Waals surface area contributed by atoms with Crippen molar-refractivity contribution in [1.29, 1.82) is 0 Å². The quantitative estimate of drug-likeness (QED) is 0.799. The van der Waals surface area contributed by atoms with Gasteiger partial charge in [-0.05, 0) is 31.9 Å². The van der Waals surface area contributed by atoms with Crippen LogP contribution in [0.4, 0.5) is 0 Å². The highest BCUT2D eigenvalue weighted by atomic mass is 16.5. The number of hydrogen-bond acceptors (Lipinski definition) is 3. The van der Waals surface area contributed by atoms with Gasteiger partial charge in [-0.1, -0.05) is 0 Å². The number of ether oxygens (including phenoxy) is 1. The molecule has 1 aliphatic carbocycles. The van der Waals surface area contributed by atoms with E-state index >= 15 is 0 Å². The van der Waals surface area contributed by atoms with Crippen LogP contribution in [0, 0.1) is 0 Å². The molecule has 0 spiro atoms. The standard InChI is InChI=1S/C11H17NO2/c1-8(11-4-3-5-14-11)12-9-6-10(7-9)13-2/h3-5,8-10,12H,6-7H2,1-2H3. The largest absolute Gasteiger partial charge is 0.468 e. The molecule has 1 fully saturated rings. The summed E-state index contributed by atoms with van der Waals surface area (Å²) in [6.45, 7) is 2.12. The first-order valence-corrected chi connectivity index (χ1v) is 5.12. The summed E-state index contributed by atoms with van der Waals surface area (Å²) in [4.78, 5) is 0. The van der Waals surface area contributed by atoms with Crippen molar-refractivity contribution in [2.45, 2.75) is 38.0 Å². The van der Waals surface area contributed by atoms with Gasteiger partial charge < -0.3 is 14.5 Å². The van der Waals surface area contributed by atoms with Crippen LogP contribution in [-0.4, -0.2) is 19.3 Å². The molecule has 2 rings (SSSR count). The number of methoxy groups -OCH3 is 1. The Bertz CT molecular complexity index is 265. The Kier molecular flexibility index (Phi) is 2.89. The highest BCUT2D eigenvalue weighted by molar-refractivity contribution is 5.04. The first kappa shape index (κ1) is 9.74. The summed E-state index contributed by atoms with van der Waals surface area (Å²) in [7, 11) is 1.77. The first-order valence-electron chi connectivity index (χ1n) is 5.12. The Morgan fingerprint density at radius 3 is 2.93 bits per heavy atom. The van der Waals surface area contributed by atoms with E-state index in [0.717, 1.165) is 18.6 Å². The van der Waals surface area contributed by atoms with Gasteiger partial charge in [0.1, 0.15) is 5.76 Å². The number of rotatable bonds is 4. The minimum Gasteiger partial charge on any atom is -0.468 e. The van der Waals surface area contributed by atoms with Crippen molar-refractivity contribution < 1.29 is 9.15 Å². The summed E-state index contributed by atoms with van der Waals surface area (Å²) < 4.78 is 10.5. The summed E-state index contributed by atoms with van der Waals surface area (Å²) in [6, 6.07) is 4.81. The predicted molar refractivity (Wildman–Crippen MR) is 54.1 cm³/mol. The van der Waals surface area contributed by atoms with Crippen LogP contribution < -0.4 is 5.32 Å². The molecule has 0 amide bonds. The van der Waals surface area contributed by atoms with E-state index in [-0.39, 0.29) is 0 Å². The van der Waals surface area contributed by atoms with Crippen molar-refractivity contribution in [3.8, 4) is 0 Å². The second-order valence-corrected chi connectivity index (χ2v) is 3.93. The van der Waals surface area contributed by atoms with Crippen LogP contribution in [0.3, 0.4) is 0 Å². The third-order valence-corrected chi connectivity index (χ3v) is 2.88. The van der Waals surface area contributed by atoms with Gasteiger partial charge in [-0.25, -0.2) is 0 Å². The fourth-order valence-corrected chi connectivity index (χ4v) is 1.87. The lowest BCUT2D eigenvalue weighted by atomic mass is 9.88. The van der Waals surface area contributed by atoms with E-state index in [1.807, 2.05) is 12.1 Å². The molecule has 1 saturated carbocycles. The van der Waals surface area contributed by atoms with E-state index in [0.29, 0.717) is 18.2 Å². The Labute approximate surface area is 84.4 Å². The molecule has 1 atom stereocenters. The minimum atomic E-state index is 0.299. The van der Waals surface area contributed by atoms with Crippen molar-refractivity contribution in [1.82, 2.24) is 5.32 Å². The van der Waals surface area contributed by atoms with Gasteiger partial charge in [-0.15, -0.1) is 0 Å². The first-order chi connectivity index (χ1) is 6.79. The number of nitrogens with one attached hydrogen (secondary N) is 1. The lowest BCUT2D eigenvalue weighted by Gasteiger charge is -2.36. The van der Waals surface area contributed by atoms with Gasteiger partial charge in [0, 0.05) is 13.2 Å². The lowest BCUT2D eigenvalue weighted by Crippen LogP contribution is -2.45. The van der Waals surface area contributed by atoms with E-state index in [4.69, 9.17) is 9.15 Å². The highest BCUT2D eigenvalue weighted by Gasteiger charge is 2.30. The molecule has 1 heterocycles. The topological polar surface area (TPSA) is 34.4 Å². The normalized spacial score (nSPS) is 28.4. The molecule has 1 N–H and O–H groups in total. The van der Waals surface area contributed by atoms with Gasteiger partial charge >= 0.3 is 0 Å². The molecular formula is C11H17NO2. The van der Waals surface area contributed by atoms with E-state index in [1.54, 1.807) is 13.4 Å². The second kappa shape index (κ2) is 4.15. The third kappa shape index (κ3) is 1.99. The molecule has 1 aromatic heterocycles. The Balaban J connectivity index is 1.77. The Morgan fingerprint density at radius 2 is 2.36 bits per heavy atom. The average Bonchev–Trinajstić information content (AvgIpc) is 2.62. The van der Waals surface area contributed by atoms with Crippen molar-refractivity contribution in [2.75, 3.05) is 7.11 Å². The zero-order valence-corrected chi connectivity index (χ0v) is 8.69. The predicted octanol–water partition coefficient (Wildman–Crippen LogP) is 2.11. The van der Waals surface area contributed by atoms with Gasteiger partial charge in [0.2, 0.25) is 0 Å². The molecule has 0 saturated heterocycles. The van der Waals surface area contributed by atoms with E-state index < -0.39 is 0 Å². The molecule has 0 bridgehead atoms. The maximum Gasteiger partial charge on any atom is 0.120 e. The van der Waals surface area contributed by atoms with Crippen LogP contribution in [0.25, 0.3) is 0 Å². The molecule has 0 radical (unpaired) electrons. The number of hydrogen-bond donors (Lipinski definition) is 1. The Morgan fingerprint density at radius 1 is 1.57 bits per heavy atom. The zero-order valence-electron chi connectivity index (χ0n) is 8.69. The van der Waals surface area contributed by atoms with Gasteiger partial charge in [0.25, 0.3) is 0 Å². The van der Waals surface area contributed by atoms with Gasteiger partial charge in [-0.2, -0.15) is 0 Å². The number of furan rings is 1. The summed E-state index contributed by atoms with van der Waals surface area (Å²) in [5.74, 6) is 1.01. The van der Waals surface area contributed by atoms with Crippen molar-refractivity contribution in [3.63, 3.8) is 0 Å². The molecule has 0 aromatic carbocycles. The van der Waals surface area contributed by atoms with Crippen LogP contribution in [0.15, 0.2) is 22.8 Å². The maximum atomic E-state index is 5.32. The van der Waals surface area contributed by atoms with E-state index in [2.05, 4.69) is 12.2 Å². The molecule has 14 heavy (non-hydrogen) atoms. The minimum absolute atomic E-state index is 0.299. The summed E-state index contributed by atoms with van der Waals surface area (Å²) >= 11 is 0. The molecular weight excluding hydrogens is 178 g/mol. The molecule has 78 valence electrons. The second-order valence-electron chi connectivity index (χ2n) is 3.93. The van der Waals surface area contributed by atoms with Crippen LogP contribution in [0.2, 0.25) is 0 Å². The van der Waals surface area contributed by atoms with Gasteiger partial charge in [0.05, 0.1) is 18.4 Å². The van der Waals surface area contributed by atoms with E-state index in [9.17, 15) is 0 Å². The van der Waals surface area contributed by atoms with Crippen molar-refractivity contribution in [2.24, 2.45) is 0 Å².